The van der Waals surface area contributed by atoms with Crippen molar-refractivity contribution in [1.29, 1.82) is 0 Å². The number of likely N-dealkylation sites (tertiary alicyclic amines) is 1. The molecule has 0 bridgehead atoms. The molecule has 23 heavy (non-hydrogen) atoms. The van der Waals surface area contributed by atoms with Crippen LogP contribution in [0.1, 0.15) is 24.0 Å². The molecule has 0 spiro atoms. The highest BCUT2D eigenvalue weighted by atomic mass is 19.4. The quantitative estimate of drug-likeness (QED) is 0.892. The van der Waals surface area contributed by atoms with E-state index in [4.69, 9.17) is 5.11 Å². The van der Waals surface area contributed by atoms with E-state index >= 15 is 0 Å². The van der Waals surface area contributed by atoms with Gasteiger partial charge in [-0.15, -0.1) is 0 Å². The van der Waals surface area contributed by atoms with E-state index in [9.17, 15) is 27.9 Å². The highest BCUT2D eigenvalue weighted by Crippen LogP contribution is 2.30. The molecule has 5 nitrogen and oxygen atoms in total. The van der Waals surface area contributed by atoms with Crippen molar-refractivity contribution in [2.75, 3.05) is 6.54 Å². The number of hydrogen-bond acceptors (Lipinski definition) is 2. The topological polar surface area (TPSA) is 77.8 Å². The van der Waals surface area contributed by atoms with E-state index in [1.54, 1.807) is 0 Å². The summed E-state index contributed by atoms with van der Waals surface area (Å²) < 4.78 is 37.6. The number of alkyl halides is 3. The molecule has 0 aromatic heterocycles. The Kier molecular flexibility index (Phi) is 4.82. The first-order chi connectivity index (χ1) is 10.7. The molecule has 1 aromatic carbocycles. The number of piperidine rings is 1. The lowest BCUT2D eigenvalue weighted by Gasteiger charge is -2.36. The van der Waals surface area contributed by atoms with E-state index < -0.39 is 35.8 Å². The normalized spacial score (nSPS) is 22.0. The Morgan fingerprint density at radius 2 is 1.78 bits per heavy atom. The Morgan fingerprint density at radius 1 is 1.17 bits per heavy atom. The number of hydrogen-bond donors (Lipinski definition) is 2. The largest absolute Gasteiger partial charge is 0.481 e. The predicted octanol–water partition coefficient (Wildman–Crippen LogP) is 3.09. The number of halogens is 3. The molecule has 0 saturated carbocycles. The van der Waals surface area contributed by atoms with Gasteiger partial charge in [0.05, 0.1) is 11.5 Å². The summed E-state index contributed by atoms with van der Waals surface area (Å²) in [6.07, 6.45) is -4.99. The van der Waals surface area contributed by atoms with E-state index in [2.05, 4.69) is 0 Å². The summed E-state index contributed by atoms with van der Waals surface area (Å²) in [6.45, 7) is 0.109. The lowest BCUT2D eigenvalue weighted by Crippen LogP contribution is -2.47. The molecule has 8 heteroatoms. The Hall–Kier alpha value is -2.25. The number of rotatable bonds is 3. The molecule has 1 aliphatic rings. The Bertz CT molecular complexity index is 585. The standard InChI is InChI=1S/C15H16F3NO4/c16-15(17,18)11-3-1-9(2-4-11)7-12-8-10(13(20)21)5-6-19(12)14(22)23/h1-4,10,12H,5-8H2,(H,20,21)(H,22,23). The van der Waals surface area contributed by atoms with Gasteiger partial charge in [-0.25, -0.2) is 4.79 Å². The van der Waals surface area contributed by atoms with Crippen molar-refractivity contribution in [1.82, 2.24) is 4.90 Å². The zero-order valence-corrected chi connectivity index (χ0v) is 12.1. The minimum absolute atomic E-state index is 0.109. The van der Waals surface area contributed by atoms with Crippen molar-refractivity contribution in [3.63, 3.8) is 0 Å². The van der Waals surface area contributed by atoms with E-state index in [1.165, 1.54) is 12.1 Å². The van der Waals surface area contributed by atoms with E-state index in [-0.39, 0.29) is 25.8 Å². The molecule has 1 aromatic rings. The molecule has 1 heterocycles. The third-order valence-electron chi connectivity index (χ3n) is 4.06. The third-order valence-corrected chi connectivity index (χ3v) is 4.06. The average molecular weight is 331 g/mol. The lowest BCUT2D eigenvalue weighted by atomic mass is 9.88. The minimum Gasteiger partial charge on any atom is -0.481 e. The van der Waals surface area contributed by atoms with Crippen LogP contribution in [-0.4, -0.2) is 39.8 Å². The molecule has 0 radical (unpaired) electrons. The molecule has 2 N–H and O–H groups in total. The van der Waals surface area contributed by atoms with Gasteiger partial charge in [-0.05, 0) is 37.0 Å². The number of carboxylic acid groups (broad SMARTS) is 2. The van der Waals surface area contributed by atoms with E-state index in [0.29, 0.717) is 5.56 Å². The van der Waals surface area contributed by atoms with Crippen molar-refractivity contribution in [3.05, 3.63) is 35.4 Å². The van der Waals surface area contributed by atoms with Gasteiger partial charge < -0.3 is 15.1 Å². The fourth-order valence-electron chi connectivity index (χ4n) is 2.82. The van der Waals surface area contributed by atoms with Crippen LogP contribution in [0.3, 0.4) is 0 Å². The van der Waals surface area contributed by atoms with Crippen LogP contribution >= 0.6 is 0 Å². The van der Waals surface area contributed by atoms with E-state index in [1.807, 2.05) is 0 Å². The fraction of sp³-hybridized carbons (Fsp3) is 0.467. The lowest BCUT2D eigenvalue weighted by molar-refractivity contribution is -0.144. The van der Waals surface area contributed by atoms with Crippen LogP contribution in [0.2, 0.25) is 0 Å². The maximum absolute atomic E-state index is 12.5. The number of benzene rings is 1. The predicted molar refractivity (Wildman–Crippen MR) is 74.0 cm³/mol. The van der Waals surface area contributed by atoms with Crippen molar-refractivity contribution < 1.29 is 33.0 Å². The van der Waals surface area contributed by atoms with Crippen LogP contribution in [0.25, 0.3) is 0 Å². The van der Waals surface area contributed by atoms with Gasteiger partial charge in [0.15, 0.2) is 0 Å². The summed E-state index contributed by atoms with van der Waals surface area (Å²) >= 11 is 0. The summed E-state index contributed by atoms with van der Waals surface area (Å²) in [7, 11) is 0. The number of nitrogens with zero attached hydrogens (tertiary/aromatic N) is 1. The van der Waals surface area contributed by atoms with Crippen molar-refractivity contribution in [2.45, 2.75) is 31.5 Å². The van der Waals surface area contributed by atoms with Crippen molar-refractivity contribution in [3.8, 4) is 0 Å². The Labute approximate surface area is 130 Å². The summed E-state index contributed by atoms with van der Waals surface area (Å²) in [4.78, 5) is 23.5. The zero-order valence-electron chi connectivity index (χ0n) is 12.1. The van der Waals surface area contributed by atoms with Gasteiger partial charge in [-0.3, -0.25) is 4.79 Å². The second kappa shape index (κ2) is 6.47. The van der Waals surface area contributed by atoms with Crippen LogP contribution in [0, 0.1) is 5.92 Å². The third kappa shape index (κ3) is 4.14. The molecule has 1 amide bonds. The van der Waals surface area contributed by atoms with Crippen LogP contribution < -0.4 is 0 Å². The van der Waals surface area contributed by atoms with Crippen LogP contribution in [-0.2, 0) is 17.4 Å². The smallest absolute Gasteiger partial charge is 0.416 e. The summed E-state index contributed by atoms with van der Waals surface area (Å²) in [5.41, 5.74) is -0.233. The molecule has 2 atom stereocenters. The molecular weight excluding hydrogens is 315 g/mol. The highest BCUT2D eigenvalue weighted by molar-refractivity contribution is 5.71. The SMILES string of the molecule is O=C(O)C1CCN(C(=O)O)C(Cc2ccc(C(F)(F)F)cc2)C1. The van der Waals surface area contributed by atoms with Crippen LogP contribution in [0.5, 0.6) is 0 Å². The molecular formula is C15H16F3NO4. The molecule has 1 saturated heterocycles. The Morgan fingerprint density at radius 3 is 2.26 bits per heavy atom. The number of carbonyl (C=O) groups is 2. The first-order valence-corrected chi connectivity index (χ1v) is 7.07. The highest BCUT2D eigenvalue weighted by Gasteiger charge is 2.35. The van der Waals surface area contributed by atoms with Crippen LogP contribution in [0.4, 0.5) is 18.0 Å². The van der Waals surface area contributed by atoms with Crippen LogP contribution in [0.15, 0.2) is 24.3 Å². The average Bonchev–Trinajstić information content (AvgIpc) is 2.46. The summed E-state index contributed by atoms with van der Waals surface area (Å²) in [5.74, 6) is -1.61. The monoisotopic (exact) mass is 331 g/mol. The molecule has 1 aliphatic heterocycles. The van der Waals surface area contributed by atoms with Gasteiger partial charge in [0.25, 0.3) is 0 Å². The summed E-state index contributed by atoms with van der Waals surface area (Å²) in [5, 5.41) is 18.3. The van der Waals surface area contributed by atoms with Crippen molar-refractivity contribution in [2.24, 2.45) is 5.92 Å². The molecule has 126 valence electrons. The summed E-state index contributed by atoms with van der Waals surface area (Å²) in [6, 6.07) is 3.93. The Balaban J connectivity index is 2.14. The first-order valence-electron chi connectivity index (χ1n) is 7.07. The minimum atomic E-state index is -4.43. The fourth-order valence-corrected chi connectivity index (χ4v) is 2.82. The molecule has 2 rings (SSSR count). The first kappa shape index (κ1) is 17.1. The van der Waals surface area contributed by atoms with Gasteiger partial charge in [0.2, 0.25) is 0 Å². The molecule has 2 unspecified atom stereocenters. The van der Waals surface area contributed by atoms with Crippen molar-refractivity contribution >= 4 is 12.1 Å². The maximum Gasteiger partial charge on any atom is 0.416 e. The molecule has 0 aliphatic carbocycles. The second-order valence-corrected chi connectivity index (χ2v) is 5.59. The number of carboxylic acids is 1. The van der Waals surface area contributed by atoms with Gasteiger partial charge in [0.1, 0.15) is 0 Å². The second-order valence-electron chi connectivity index (χ2n) is 5.59. The van der Waals surface area contributed by atoms with Gasteiger partial charge >= 0.3 is 18.2 Å². The number of aliphatic carboxylic acids is 1. The zero-order chi connectivity index (χ0) is 17.2. The van der Waals surface area contributed by atoms with Gasteiger partial charge in [0, 0.05) is 12.6 Å². The van der Waals surface area contributed by atoms with Gasteiger partial charge in [-0.2, -0.15) is 13.2 Å². The number of amides is 1. The van der Waals surface area contributed by atoms with E-state index in [0.717, 1.165) is 17.0 Å². The maximum atomic E-state index is 12.5. The van der Waals surface area contributed by atoms with Gasteiger partial charge in [-0.1, -0.05) is 12.1 Å². The molecule has 1 fully saturated rings.